The highest BCUT2D eigenvalue weighted by molar-refractivity contribution is 5.28. The van der Waals surface area contributed by atoms with Gasteiger partial charge in [-0.25, -0.2) is 0 Å². The normalized spacial score (nSPS) is 11.0. The van der Waals surface area contributed by atoms with Crippen LogP contribution in [0.5, 0.6) is 5.75 Å². The number of nitrogens with zero attached hydrogens (tertiary/aromatic N) is 2. The molecule has 0 unspecified atom stereocenters. The van der Waals surface area contributed by atoms with E-state index in [2.05, 4.69) is 36.4 Å². The van der Waals surface area contributed by atoms with Crippen LogP contribution in [-0.2, 0) is 19.6 Å². The van der Waals surface area contributed by atoms with Crippen LogP contribution >= 0.6 is 0 Å². The number of nitrogens with one attached hydrogen (secondary N) is 1. The second kappa shape index (κ2) is 7.10. The number of hydrogen-bond donors (Lipinski definition) is 1. The maximum absolute atomic E-state index is 5.22. The minimum absolute atomic E-state index is 0.618. The molecule has 4 nitrogen and oxygen atoms in total. The van der Waals surface area contributed by atoms with Crippen LogP contribution in [0.3, 0.4) is 0 Å². The monoisotopic (exact) mass is 273 g/mol. The average Bonchev–Trinajstić information content (AvgIpc) is 2.86. The van der Waals surface area contributed by atoms with E-state index in [1.807, 2.05) is 29.1 Å². The molecule has 0 aliphatic carbocycles. The van der Waals surface area contributed by atoms with Gasteiger partial charge in [-0.3, -0.25) is 4.68 Å². The van der Waals surface area contributed by atoms with Crippen LogP contribution in [0.25, 0.3) is 0 Å². The zero-order valence-electron chi connectivity index (χ0n) is 12.5. The summed E-state index contributed by atoms with van der Waals surface area (Å²) in [5.41, 5.74) is 2.29. The van der Waals surface area contributed by atoms with Gasteiger partial charge in [0.05, 0.1) is 12.8 Å². The van der Waals surface area contributed by atoms with E-state index >= 15 is 0 Å². The second-order valence-electron chi connectivity index (χ2n) is 5.38. The first-order valence-corrected chi connectivity index (χ1v) is 7.03. The first-order chi connectivity index (χ1) is 9.67. The highest BCUT2D eigenvalue weighted by Gasteiger charge is 2.01. The van der Waals surface area contributed by atoms with Gasteiger partial charge in [0.2, 0.25) is 0 Å². The predicted octanol–water partition coefficient (Wildman–Crippen LogP) is 2.84. The van der Waals surface area contributed by atoms with Crippen molar-refractivity contribution in [1.82, 2.24) is 15.1 Å². The predicted molar refractivity (Wildman–Crippen MR) is 80.6 cm³/mol. The van der Waals surface area contributed by atoms with E-state index in [9.17, 15) is 0 Å². The van der Waals surface area contributed by atoms with Crippen molar-refractivity contribution in [3.05, 3.63) is 47.8 Å². The molecule has 20 heavy (non-hydrogen) atoms. The van der Waals surface area contributed by atoms with Gasteiger partial charge in [-0.2, -0.15) is 5.10 Å². The molecule has 0 atom stereocenters. The number of ether oxygens (including phenoxy) is 1. The molecule has 0 bridgehead atoms. The number of methoxy groups -OCH3 is 1. The molecule has 0 aliphatic heterocycles. The molecule has 0 amide bonds. The Balaban J connectivity index is 1.81. The molecule has 0 spiro atoms. The van der Waals surface area contributed by atoms with Gasteiger partial charge in [0.15, 0.2) is 0 Å². The molecule has 108 valence electrons. The van der Waals surface area contributed by atoms with Crippen LogP contribution in [0.15, 0.2) is 36.5 Å². The van der Waals surface area contributed by atoms with Crippen LogP contribution in [0.4, 0.5) is 0 Å². The zero-order chi connectivity index (χ0) is 14.4. The molecule has 2 rings (SSSR count). The molecule has 1 N–H and O–H groups in total. The van der Waals surface area contributed by atoms with Crippen LogP contribution in [0, 0.1) is 5.92 Å². The Kier molecular flexibility index (Phi) is 5.18. The Bertz CT molecular complexity index is 534. The summed E-state index contributed by atoms with van der Waals surface area (Å²) >= 11 is 0. The van der Waals surface area contributed by atoms with Gasteiger partial charge in [-0.15, -0.1) is 0 Å². The standard InChI is InChI=1S/C16H23N3O/c1-13(2)12-19-8-7-15(18-19)11-17-10-14-5-4-6-16(9-14)20-3/h4-9,13,17H,10-12H2,1-3H3. The third-order valence-corrected chi connectivity index (χ3v) is 3.02. The zero-order valence-corrected chi connectivity index (χ0v) is 12.5. The lowest BCUT2D eigenvalue weighted by atomic mass is 10.2. The highest BCUT2D eigenvalue weighted by Crippen LogP contribution is 2.12. The van der Waals surface area contributed by atoms with Gasteiger partial charge in [-0.05, 0) is 29.7 Å². The Morgan fingerprint density at radius 1 is 1.25 bits per heavy atom. The van der Waals surface area contributed by atoms with Crippen LogP contribution in [0.2, 0.25) is 0 Å². The molecule has 0 saturated heterocycles. The van der Waals surface area contributed by atoms with Crippen molar-refractivity contribution in [1.29, 1.82) is 0 Å². The molecule has 4 heteroatoms. The maximum atomic E-state index is 5.22. The quantitative estimate of drug-likeness (QED) is 0.843. The van der Waals surface area contributed by atoms with Crippen molar-refractivity contribution in [2.75, 3.05) is 7.11 Å². The molecular weight excluding hydrogens is 250 g/mol. The summed E-state index contributed by atoms with van der Waals surface area (Å²) in [5.74, 6) is 1.51. The summed E-state index contributed by atoms with van der Waals surface area (Å²) in [6, 6.07) is 10.2. The molecule has 0 aliphatic rings. The molecule has 0 radical (unpaired) electrons. The van der Waals surface area contributed by atoms with E-state index in [4.69, 9.17) is 4.74 Å². The summed E-state index contributed by atoms with van der Waals surface area (Å²) in [6.45, 7) is 6.96. The fourth-order valence-electron chi connectivity index (χ4n) is 2.09. The molecule has 1 aromatic carbocycles. The van der Waals surface area contributed by atoms with Crippen LogP contribution < -0.4 is 10.1 Å². The number of benzene rings is 1. The Hall–Kier alpha value is -1.81. The Morgan fingerprint density at radius 2 is 2.10 bits per heavy atom. The highest BCUT2D eigenvalue weighted by atomic mass is 16.5. The van der Waals surface area contributed by atoms with Crippen LogP contribution in [-0.4, -0.2) is 16.9 Å². The van der Waals surface area contributed by atoms with E-state index in [-0.39, 0.29) is 0 Å². The smallest absolute Gasteiger partial charge is 0.119 e. The summed E-state index contributed by atoms with van der Waals surface area (Å²) in [6.07, 6.45) is 2.04. The lowest BCUT2D eigenvalue weighted by Gasteiger charge is -2.06. The number of hydrogen-bond acceptors (Lipinski definition) is 3. The van der Waals surface area contributed by atoms with E-state index in [1.165, 1.54) is 5.56 Å². The first kappa shape index (κ1) is 14.6. The number of rotatable bonds is 7. The van der Waals surface area contributed by atoms with Gasteiger partial charge in [0.1, 0.15) is 5.75 Å². The van der Waals surface area contributed by atoms with Gasteiger partial charge < -0.3 is 10.1 Å². The minimum atomic E-state index is 0.618. The summed E-state index contributed by atoms with van der Waals surface area (Å²) in [5, 5.41) is 7.95. The summed E-state index contributed by atoms with van der Waals surface area (Å²) in [7, 11) is 1.69. The maximum Gasteiger partial charge on any atom is 0.119 e. The van der Waals surface area contributed by atoms with Gasteiger partial charge in [-0.1, -0.05) is 26.0 Å². The SMILES string of the molecule is COc1cccc(CNCc2ccn(CC(C)C)n2)c1. The fraction of sp³-hybridized carbons (Fsp3) is 0.438. The van der Waals surface area contributed by atoms with Crippen molar-refractivity contribution in [2.45, 2.75) is 33.5 Å². The second-order valence-corrected chi connectivity index (χ2v) is 5.38. The molecular formula is C16H23N3O. The van der Waals surface area contributed by atoms with Crippen molar-refractivity contribution < 1.29 is 4.74 Å². The Morgan fingerprint density at radius 3 is 2.85 bits per heavy atom. The van der Waals surface area contributed by atoms with Gasteiger partial charge in [0.25, 0.3) is 0 Å². The summed E-state index contributed by atoms with van der Waals surface area (Å²) < 4.78 is 7.22. The molecule has 2 aromatic rings. The van der Waals surface area contributed by atoms with Crippen molar-refractivity contribution >= 4 is 0 Å². The first-order valence-electron chi connectivity index (χ1n) is 7.03. The third kappa shape index (κ3) is 4.38. The largest absolute Gasteiger partial charge is 0.497 e. The van der Waals surface area contributed by atoms with Crippen LogP contribution in [0.1, 0.15) is 25.1 Å². The fourth-order valence-corrected chi connectivity index (χ4v) is 2.09. The van der Waals surface area contributed by atoms with Gasteiger partial charge >= 0.3 is 0 Å². The van der Waals surface area contributed by atoms with Crippen molar-refractivity contribution in [3.8, 4) is 5.75 Å². The van der Waals surface area contributed by atoms with Gasteiger partial charge in [0, 0.05) is 25.8 Å². The van der Waals surface area contributed by atoms with E-state index in [0.717, 1.165) is 31.1 Å². The molecule has 1 heterocycles. The molecule has 0 saturated carbocycles. The lowest BCUT2D eigenvalue weighted by Crippen LogP contribution is -2.14. The lowest BCUT2D eigenvalue weighted by molar-refractivity contribution is 0.414. The van der Waals surface area contributed by atoms with E-state index in [1.54, 1.807) is 7.11 Å². The minimum Gasteiger partial charge on any atom is -0.497 e. The topological polar surface area (TPSA) is 39.1 Å². The third-order valence-electron chi connectivity index (χ3n) is 3.02. The van der Waals surface area contributed by atoms with Crippen molar-refractivity contribution in [3.63, 3.8) is 0 Å². The number of aromatic nitrogens is 2. The molecule has 1 aromatic heterocycles. The average molecular weight is 273 g/mol. The van der Waals surface area contributed by atoms with Crippen molar-refractivity contribution in [2.24, 2.45) is 5.92 Å². The van der Waals surface area contributed by atoms with E-state index < -0.39 is 0 Å². The molecule has 0 fully saturated rings. The summed E-state index contributed by atoms with van der Waals surface area (Å²) in [4.78, 5) is 0. The Labute approximate surface area is 120 Å². The van der Waals surface area contributed by atoms with E-state index in [0.29, 0.717) is 5.92 Å².